The molecule has 2 aromatic rings. The first-order valence-electron chi connectivity index (χ1n) is 7.36. The number of nitrogens with one attached hydrogen (secondary N) is 2. The highest BCUT2D eigenvalue weighted by atomic mass is 79.9. The number of hydrogen-bond acceptors (Lipinski definition) is 2. The molecule has 4 nitrogen and oxygen atoms in total. The molecule has 0 bridgehead atoms. The van der Waals surface area contributed by atoms with Gasteiger partial charge >= 0.3 is 0 Å². The Morgan fingerprint density at radius 2 is 2.18 bits per heavy atom. The fourth-order valence-electron chi connectivity index (χ4n) is 2.87. The Kier molecular flexibility index (Phi) is 4.30. The second kappa shape index (κ2) is 6.37. The van der Waals surface area contributed by atoms with Crippen LogP contribution in [0.5, 0.6) is 0 Å². The number of nitriles is 1. The number of benzene rings is 1. The Morgan fingerprint density at radius 3 is 2.91 bits per heavy atom. The Labute approximate surface area is 137 Å². The predicted molar refractivity (Wildman–Crippen MR) is 90.0 cm³/mol. The van der Waals surface area contributed by atoms with Crippen molar-refractivity contribution in [2.45, 2.75) is 31.7 Å². The number of halogens is 1. The second-order valence-electron chi connectivity index (χ2n) is 5.56. The van der Waals surface area contributed by atoms with Crippen LogP contribution in [0.1, 0.15) is 31.2 Å². The molecule has 0 spiro atoms. The summed E-state index contributed by atoms with van der Waals surface area (Å²) in [6.07, 6.45) is 7.77. The third-order valence-electron chi connectivity index (χ3n) is 4.03. The molecule has 1 fully saturated rings. The quantitative estimate of drug-likeness (QED) is 0.646. The van der Waals surface area contributed by atoms with Gasteiger partial charge in [0.1, 0.15) is 11.6 Å². The molecule has 3 rings (SSSR count). The Balaban J connectivity index is 1.88. The maximum absolute atomic E-state index is 12.2. The number of hydrogen-bond donors (Lipinski definition) is 2. The third-order valence-corrected chi connectivity index (χ3v) is 4.52. The van der Waals surface area contributed by atoms with Gasteiger partial charge < -0.3 is 10.3 Å². The molecule has 1 aliphatic rings. The normalized spacial score (nSPS) is 15.9. The van der Waals surface area contributed by atoms with Crippen molar-refractivity contribution < 1.29 is 4.79 Å². The Morgan fingerprint density at radius 1 is 1.41 bits per heavy atom. The largest absolute Gasteiger partial charge is 0.361 e. The van der Waals surface area contributed by atoms with Gasteiger partial charge in [-0.15, -0.1) is 0 Å². The van der Waals surface area contributed by atoms with Gasteiger partial charge in [0.15, 0.2) is 0 Å². The molecule has 1 heterocycles. The van der Waals surface area contributed by atoms with Gasteiger partial charge in [-0.25, -0.2) is 0 Å². The summed E-state index contributed by atoms with van der Waals surface area (Å²) in [4.78, 5) is 15.4. The fourth-order valence-corrected chi connectivity index (χ4v) is 3.23. The van der Waals surface area contributed by atoms with Gasteiger partial charge in [-0.3, -0.25) is 4.79 Å². The van der Waals surface area contributed by atoms with Crippen LogP contribution in [0.2, 0.25) is 0 Å². The lowest BCUT2D eigenvalue weighted by Gasteiger charge is -2.10. The first-order chi connectivity index (χ1) is 10.7. The van der Waals surface area contributed by atoms with E-state index < -0.39 is 0 Å². The standard InChI is InChI=1S/C17H16BrN3O/c18-13-5-6-16-15(8-13)12(10-20-16)7-11(9-19)17(22)21-14-3-1-2-4-14/h5-8,10,14,20H,1-4H2,(H,21,22)/b11-7-. The molecule has 1 aromatic heterocycles. The third kappa shape index (κ3) is 3.07. The highest BCUT2D eigenvalue weighted by Crippen LogP contribution is 2.24. The van der Waals surface area contributed by atoms with E-state index in [-0.39, 0.29) is 17.5 Å². The molecule has 0 atom stereocenters. The van der Waals surface area contributed by atoms with Crippen LogP contribution in [0.15, 0.2) is 34.4 Å². The summed E-state index contributed by atoms with van der Waals surface area (Å²) in [6.45, 7) is 0. The number of carbonyl (C=O) groups is 1. The van der Waals surface area contributed by atoms with Gasteiger partial charge in [-0.05, 0) is 37.1 Å². The molecule has 0 aliphatic heterocycles. The molecule has 5 heteroatoms. The minimum absolute atomic E-state index is 0.146. The molecule has 1 amide bonds. The van der Waals surface area contributed by atoms with E-state index in [1.807, 2.05) is 30.5 Å². The number of amides is 1. The summed E-state index contributed by atoms with van der Waals surface area (Å²) < 4.78 is 0.961. The van der Waals surface area contributed by atoms with Gasteiger partial charge in [-0.2, -0.15) is 5.26 Å². The smallest absolute Gasteiger partial charge is 0.262 e. The molecule has 1 aliphatic carbocycles. The van der Waals surface area contributed by atoms with Gasteiger partial charge in [0.05, 0.1) is 0 Å². The first-order valence-corrected chi connectivity index (χ1v) is 8.16. The average Bonchev–Trinajstić information content (AvgIpc) is 3.14. The van der Waals surface area contributed by atoms with Crippen molar-refractivity contribution in [3.63, 3.8) is 0 Å². The lowest BCUT2D eigenvalue weighted by molar-refractivity contribution is -0.117. The Hall–Kier alpha value is -2.06. The van der Waals surface area contributed by atoms with Crippen LogP contribution in [-0.2, 0) is 4.79 Å². The van der Waals surface area contributed by atoms with Gasteiger partial charge in [0.25, 0.3) is 5.91 Å². The van der Waals surface area contributed by atoms with Crippen LogP contribution in [0.25, 0.3) is 17.0 Å². The van der Waals surface area contributed by atoms with E-state index in [0.29, 0.717) is 0 Å². The van der Waals surface area contributed by atoms with Crippen molar-refractivity contribution >= 4 is 38.8 Å². The number of aromatic nitrogens is 1. The summed E-state index contributed by atoms with van der Waals surface area (Å²) in [7, 11) is 0. The predicted octanol–water partition coefficient (Wildman–Crippen LogP) is 3.90. The van der Waals surface area contributed by atoms with E-state index in [1.165, 1.54) is 0 Å². The van der Waals surface area contributed by atoms with E-state index in [2.05, 4.69) is 26.2 Å². The zero-order valence-corrected chi connectivity index (χ0v) is 13.6. The molecule has 22 heavy (non-hydrogen) atoms. The van der Waals surface area contributed by atoms with E-state index in [1.54, 1.807) is 6.08 Å². The van der Waals surface area contributed by atoms with Crippen LogP contribution in [0.4, 0.5) is 0 Å². The van der Waals surface area contributed by atoms with Crippen LogP contribution in [-0.4, -0.2) is 16.9 Å². The van der Waals surface area contributed by atoms with Crippen molar-refractivity contribution in [2.75, 3.05) is 0 Å². The zero-order chi connectivity index (χ0) is 15.5. The number of nitrogens with zero attached hydrogens (tertiary/aromatic N) is 1. The minimum Gasteiger partial charge on any atom is -0.361 e. The van der Waals surface area contributed by atoms with Gasteiger partial charge in [-0.1, -0.05) is 28.8 Å². The summed E-state index contributed by atoms with van der Waals surface area (Å²) >= 11 is 3.44. The van der Waals surface area contributed by atoms with Gasteiger partial charge in [0.2, 0.25) is 0 Å². The summed E-state index contributed by atoms with van der Waals surface area (Å²) in [5.41, 5.74) is 1.96. The average molecular weight is 358 g/mol. The lowest BCUT2D eigenvalue weighted by atomic mass is 10.1. The minimum atomic E-state index is -0.279. The van der Waals surface area contributed by atoms with Crippen molar-refractivity contribution in [3.8, 4) is 6.07 Å². The summed E-state index contributed by atoms with van der Waals surface area (Å²) in [5, 5.41) is 13.2. The van der Waals surface area contributed by atoms with E-state index in [0.717, 1.165) is 46.6 Å². The molecule has 0 saturated heterocycles. The second-order valence-corrected chi connectivity index (χ2v) is 6.47. The van der Waals surface area contributed by atoms with E-state index >= 15 is 0 Å². The topological polar surface area (TPSA) is 68.7 Å². The van der Waals surface area contributed by atoms with E-state index in [4.69, 9.17) is 0 Å². The molecule has 1 saturated carbocycles. The number of rotatable bonds is 3. The first kappa shape index (κ1) is 14.9. The molecule has 0 unspecified atom stereocenters. The number of carbonyl (C=O) groups excluding carboxylic acids is 1. The summed E-state index contributed by atoms with van der Waals surface area (Å²) in [5.74, 6) is -0.279. The number of fused-ring (bicyclic) bond motifs is 1. The zero-order valence-electron chi connectivity index (χ0n) is 12.0. The molecular formula is C17H16BrN3O. The van der Waals surface area contributed by atoms with Crippen LogP contribution >= 0.6 is 15.9 Å². The molecular weight excluding hydrogens is 342 g/mol. The monoisotopic (exact) mass is 357 g/mol. The molecule has 2 N–H and O–H groups in total. The SMILES string of the molecule is N#C/C(=C/c1c[nH]c2ccc(Br)cc12)C(=O)NC1CCCC1. The highest BCUT2D eigenvalue weighted by molar-refractivity contribution is 9.10. The van der Waals surface area contributed by atoms with Crippen molar-refractivity contribution in [3.05, 3.63) is 40.0 Å². The summed E-state index contributed by atoms with van der Waals surface area (Å²) in [6, 6.07) is 8.11. The lowest BCUT2D eigenvalue weighted by Crippen LogP contribution is -2.33. The fraction of sp³-hybridized carbons (Fsp3) is 0.294. The van der Waals surface area contributed by atoms with E-state index in [9.17, 15) is 10.1 Å². The maximum atomic E-state index is 12.2. The van der Waals surface area contributed by atoms with Crippen LogP contribution in [0, 0.1) is 11.3 Å². The van der Waals surface area contributed by atoms with Crippen LogP contribution in [0.3, 0.4) is 0 Å². The van der Waals surface area contributed by atoms with Crippen molar-refractivity contribution in [2.24, 2.45) is 0 Å². The van der Waals surface area contributed by atoms with Crippen molar-refractivity contribution in [1.82, 2.24) is 10.3 Å². The highest BCUT2D eigenvalue weighted by Gasteiger charge is 2.19. The van der Waals surface area contributed by atoms with Gasteiger partial charge in [0, 0.05) is 33.2 Å². The maximum Gasteiger partial charge on any atom is 0.262 e. The molecule has 112 valence electrons. The van der Waals surface area contributed by atoms with Crippen LogP contribution < -0.4 is 5.32 Å². The molecule has 1 aromatic carbocycles. The Bertz CT molecular complexity index is 779. The number of H-pyrrole nitrogens is 1. The molecule has 0 radical (unpaired) electrons. The number of aromatic amines is 1. The van der Waals surface area contributed by atoms with Crippen molar-refractivity contribution in [1.29, 1.82) is 5.26 Å².